The summed E-state index contributed by atoms with van der Waals surface area (Å²) in [7, 11) is 0. The molecule has 0 saturated carbocycles. The van der Waals surface area contributed by atoms with Crippen molar-refractivity contribution in [3.63, 3.8) is 0 Å². The number of ether oxygens (including phenoxy) is 1. The van der Waals surface area contributed by atoms with Crippen LogP contribution in [-0.2, 0) is 6.61 Å². The molecular weight excluding hydrogens is 281 g/mol. The molecule has 0 aromatic heterocycles. The number of halogens is 2. The molecule has 0 fully saturated rings. The van der Waals surface area contributed by atoms with Crippen molar-refractivity contribution < 1.29 is 13.9 Å². The zero-order valence-corrected chi connectivity index (χ0v) is 11.0. The third-order valence-corrected chi connectivity index (χ3v) is 3.04. The minimum atomic E-state index is -0.621. The molecule has 0 atom stereocenters. The lowest BCUT2D eigenvalue weighted by Gasteiger charge is -2.10. The molecule has 5 heteroatoms. The molecule has 20 heavy (non-hydrogen) atoms. The van der Waals surface area contributed by atoms with Crippen LogP contribution in [0.3, 0.4) is 0 Å². The number of hydrogen-bond donors (Lipinski definition) is 0. The predicted molar refractivity (Wildman–Crippen MR) is 72.3 cm³/mol. The van der Waals surface area contributed by atoms with Gasteiger partial charge in [0.25, 0.3) is 0 Å². The molecule has 0 saturated heterocycles. The van der Waals surface area contributed by atoms with Crippen LogP contribution >= 0.6 is 11.6 Å². The highest BCUT2D eigenvalue weighted by molar-refractivity contribution is 6.33. The fourth-order valence-electron chi connectivity index (χ4n) is 1.69. The number of hydrogen-bond acceptors (Lipinski definition) is 3. The van der Waals surface area contributed by atoms with Crippen LogP contribution in [0.4, 0.5) is 4.39 Å². The van der Waals surface area contributed by atoms with Gasteiger partial charge in [0.05, 0.1) is 16.1 Å². The first kappa shape index (κ1) is 14.0. The molecule has 0 heterocycles. The molecule has 0 aliphatic heterocycles. The van der Waals surface area contributed by atoms with Gasteiger partial charge >= 0.3 is 0 Å². The van der Waals surface area contributed by atoms with E-state index in [1.54, 1.807) is 30.3 Å². The Morgan fingerprint density at radius 3 is 2.75 bits per heavy atom. The highest BCUT2D eigenvalue weighted by Gasteiger charge is 2.11. The Bertz CT molecular complexity index is 695. The van der Waals surface area contributed by atoms with Crippen LogP contribution in [0.5, 0.6) is 5.75 Å². The number of benzene rings is 2. The summed E-state index contributed by atoms with van der Waals surface area (Å²) < 4.78 is 19.2. The van der Waals surface area contributed by atoms with Crippen molar-refractivity contribution in [2.24, 2.45) is 0 Å². The van der Waals surface area contributed by atoms with E-state index in [1.165, 1.54) is 12.1 Å². The van der Waals surface area contributed by atoms with Gasteiger partial charge in [-0.2, -0.15) is 5.26 Å². The number of rotatable bonds is 4. The average Bonchev–Trinajstić information content (AvgIpc) is 2.46. The Morgan fingerprint density at radius 2 is 2.05 bits per heavy atom. The van der Waals surface area contributed by atoms with Gasteiger partial charge in [0.2, 0.25) is 0 Å². The first-order valence-corrected chi connectivity index (χ1v) is 6.09. The molecule has 100 valence electrons. The van der Waals surface area contributed by atoms with Gasteiger partial charge in [0.15, 0.2) is 6.29 Å². The number of carbonyl (C=O) groups excluding carboxylic acids is 1. The predicted octanol–water partition coefficient (Wildman–Crippen LogP) is 3.74. The molecule has 0 aliphatic carbocycles. The molecule has 0 N–H and O–H groups in total. The van der Waals surface area contributed by atoms with Crippen LogP contribution in [0.1, 0.15) is 21.5 Å². The van der Waals surface area contributed by atoms with Crippen LogP contribution in [0.25, 0.3) is 0 Å². The summed E-state index contributed by atoms with van der Waals surface area (Å²) in [5, 5.41) is 9.02. The number of nitrogens with zero attached hydrogens (tertiary/aromatic N) is 1. The monoisotopic (exact) mass is 289 g/mol. The first-order valence-electron chi connectivity index (χ1n) is 5.71. The molecule has 0 radical (unpaired) electrons. The summed E-state index contributed by atoms with van der Waals surface area (Å²) in [6, 6.07) is 11.0. The van der Waals surface area contributed by atoms with Crippen molar-refractivity contribution in [1.29, 1.82) is 5.26 Å². The van der Waals surface area contributed by atoms with Crippen LogP contribution in [-0.4, -0.2) is 6.29 Å². The summed E-state index contributed by atoms with van der Waals surface area (Å²) in [5.74, 6) is -0.348. The lowest BCUT2D eigenvalue weighted by molar-refractivity contribution is 0.111. The van der Waals surface area contributed by atoms with Gasteiger partial charge in [-0.1, -0.05) is 29.8 Å². The zero-order valence-electron chi connectivity index (χ0n) is 10.3. The summed E-state index contributed by atoms with van der Waals surface area (Å²) in [4.78, 5) is 10.9. The normalized spacial score (nSPS) is 9.85. The maximum Gasteiger partial charge on any atom is 0.155 e. The van der Waals surface area contributed by atoms with Crippen molar-refractivity contribution in [3.8, 4) is 11.8 Å². The Labute approximate surface area is 120 Å². The van der Waals surface area contributed by atoms with Gasteiger partial charge in [-0.05, 0) is 18.2 Å². The third kappa shape index (κ3) is 2.79. The van der Waals surface area contributed by atoms with E-state index in [0.717, 1.165) is 0 Å². The van der Waals surface area contributed by atoms with Crippen molar-refractivity contribution in [2.45, 2.75) is 6.61 Å². The highest BCUT2D eigenvalue weighted by Crippen LogP contribution is 2.25. The van der Waals surface area contributed by atoms with Crippen LogP contribution in [0.2, 0.25) is 5.02 Å². The smallest absolute Gasteiger partial charge is 0.155 e. The summed E-state index contributed by atoms with van der Waals surface area (Å²) in [6.07, 6.45) is 0.583. The Hall–Kier alpha value is -2.38. The quantitative estimate of drug-likeness (QED) is 0.806. The second-order valence-corrected chi connectivity index (χ2v) is 4.36. The maximum atomic E-state index is 13.8. The Balaban J connectivity index is 2.24. The van der Waals surface area contributed by atoms with Gasteiger partial charge in [-0.3, -0.25) is 4.79 Å². The number of aldehydes is 1. The van der Waals surface area contributed by atoms with E-state index in [2.05, 4.69) is 0 Å². The Morgan fingerprint density at radius 1 is 1.30 bits per heavy atom. The van der Waals surface area contributed by atoms with E-state index >= 15 is 0 Å². The minimum Gasteiger partial charge on any atom is -0.488 e. The van der Waals surface area contributed by atoms with E-state index in [1.807, 2.05) is 0 Å². The lowest BCUT2D eigenvalue weighted by atomic mass is 10.1. The molecule has 2 rings (SSSR count). The zero-order chi connectivity index (χ0) is 14.5. The van der Waals surface area contributed by atoms with Gasteiger partial charge in [-0.15, -0.1) is 0 Å². The van der Waals surface area contributed by atoms with E-state index < -0.39 is 5.82 Å². The first-order chi connectivity index (χ1) is 9.67. The second kappa shape index (κ2) is 6.18. The second-order valence-electron chi connectivity index (χ2n) is 3.95. The van der Waals surface area contributed by atoms with Crippen molar-refractivity contribution >= 4 is 17.9 Å². The van der Waals surface area contributed by atoms with E-state index in [9.17, 15) is 9.18 Å². The van der Waals surface area contributed by atoms with Crippen molar-refractivity contribution in [2.75, 3.05) is 0 Å². The highest BCUT2D eigenvalue weighted by atomic mass is 35.5. The van der Waals surface area contributed by atoms with Crippen molar-refractivity contribution in [1.82, 2.24) is 0 Å². The van der Waals surface area contributed by atoms with E-state index in [0.29, 0.717) is 6.29 Å². The lowest BCUT2D eigenvalue weighted by Crippen LogP contribution is -2.02. The molecule has 3 nitrogen and oxygen atoms in total. The molecule has 0 amide bonds. The Kier molecular flexibility index (Phi) is 4.34. The molecule has 0 aliphatic rings. The van der Waals surface area contributed by atoms with Gasteiger partial charge in [0, 0.05) is 5.56 Å². The average molecular weight is 290 g/mol. The fraction of sp³-hybridized carbons (Fsp3) is 0.0667. The van der Waals surface area contributed by atoms with Gasteiger partial charge in [-0.25, -0.2) is 4.39 Å². The summed E-state index contributed by atoms with van der Waals surface area (Å²) in [6.45, 7) is -0.0947. The molecule has 0 bridgehead atoms. The van der Waals surface area contributed by atoms with Crippen molar-refractivity contribution in [3.05, 3.63) is 63.9 Å². The van der Waals surface area contributed by atoms with Gasteiger partial charge in [0.1, 0.15) is 24.2 Å². The molecule has 2 aromatic rings. The van der Waals surface area contributed by atoms with Gasteiger partial charge < -0.3 is 4.74 Å². The topological polar surface area (TPSA) is 50.1 Å². The fourth-order valence-corrected chi connectivity index (χ4v) is 1.90. The molecule has 0 spiro atoms. The minimum absolute atomic E-state index is 0.0483. The largest absolute Gasteiger partial charge is 0.488 e. The SMILES string of the molecule is N#Cc1cccc(COc2cccc(Cl)c2C=O)c1F. The molecule has 0 unspecified atom stereocenters. The van der Waals surface area contributed by atoms with E-state index in [-0.39, 0.29) is 34.1 Å². The molecule has 2 aromatic carbocycles. The maximum absolute atomic E-state index is 13.8. The van der Waals surface area contributed by atoms with Crippen LogP contribution in [0.15, 0.2) is 36.4 Å². The van der Waals surface area contributed by atoms with Crippen LogP contribution < -0.4 is 4.74 Å². The summed E-state index contributed by atoms with van der Waals surface area (Å²) in [5.41, 5.74) is 0.402. The number of carbonyl (C=O) groups is 1. The number of nitriles is 1. The van der Waals surface area contributed by atoms with Crippen LogP contribution in [0, 0.1) is 17.1 Å². The molecular formula is C15H9ClFNO2. The summed E-state index contributed by atoms with van der Waals surface area (Å²) >= 11 is 5.86. The van der Waals surface area contributed by atoms with E-state index in [4.69, 9.17) is 21.6 Å². The third-order valence-electron chi connectivity index (χ3n) is 2.71. The standard InChI is InChI=1S/C15H9ClFNO2/c16-13-5-2-6-14(12(13)8-19)20-9-11-4-1-3-10(7-18)15(11)17/h1-6,8H,9H2.